The molecule has 2 heterocycles. The van der Waals surface area contributed by atoms with Crippen LogP contribution in [-0.4, -0.2) is 10.8 Å². The zero-order valence-electron chi connectivity index (χ0n) is 9.83. The number of carbonyl (C=O) groups is 1. The Morgan fingerprint density at radius 3 is 2.68 bits per heavy atom. The van der Waals surface area contributed by atoms with E-state index in [1.807, 2.05) is 11.4 Å². The smallest absolute Gasteiger partial charge is 0.269 e. The number of hydrogen-bond donors (Lipinski definition) is 1. The highest BCUT2D eigenvalue weighted by molar-refractivity contribution is 7.10. The third-order valence-electron chi connectivity index (χ3n) is 3.18. The highest BCUT2D eigenvalue weighted by Crippen LogP contribution is 2.40. The van der Waals surface area contributed by atoms with Gasteiger partial charge in [-0.05, 0) is 17.0 Å². The van der Waals surface area contributed by atoms with E-state index in [1.54, 1.807) is 23.5 Å². The van der Waals surface area contributed by atoms with E-state index >= 15 is 0 Å². The summed E-state index contributed by atoms with van der Waals surface area (Å²) >= 11 is 1.59. The molecule has 0 radical (unpaired) electrons. The van der Waals surface area contributed by atoms with Crippen LogP contribution in [-0.2, 0) is 4.79 Å². The standard InChI is InChI=1S/C13H10N2O3S/c16-12-7-10(13-11(14-12)5-6-19-13)8-1-3-9(4-2-8)15(17)18/h1-6,10H,7H2,(H,14,16). The second-order valence-electron chi connectivity index (χ2n) is 4.35. The molecule has 1 aromatic carbocycles. The Morgan fingerprint density at radius 2 is 2.00 bits per heavy atom. The molecule has 1 unspecified atom stereocenters. The molecule has 0 fully saturated rings. The van der Waals surface area contributed by atoms with Crippen LogP contribution in [0.15, 0.2) is 35.7 Å². The molecule has 1 atom stereocenters. The zero-order chi connectivity index (χ0) is 13.4. The lowest BCUT2D eigenvalue weighted by Gasteiger charge is -2.22. The van der Waals surface area contributed by atoms with Gasteiger partial charge in [0.25, 0.3) is 5.69 Å². The average Bonchev–Trinajstić information content (AvgIpc) is 2.85. The van der Waals surface area contributed by atoms with Gasteiger partial charge in [0.15, 0.2) is 0 Å². The van der Waals surface area contributed by atoms with Crippen LogP contribution in [0.2, 0.25) is 0 Å². The number of rotatable bonds is 2. The van der Waals surface area contributed by atoms with Gasteiger partial charge in [0.2, 0.25) is 5.91 Å². The molecule has 3 rings (SSSR count). The Morgan fingerprint density at radius 1 is 1.26 bits per heavy atom. The normalized spacial score (nSPS) is 17.7. The van der Waals surface area contributed by atoms with E-state index in [4.69, 9.17) is 0 Å². The lowest BCUT2D eigenvalue weighted by atomic mass is 9.90. The summed E-state index contributed by atoms with van der Waals surface area (Å²) in [5, 5.41) is 15.4. The zero-order valence-corrected chi connectivity index (χ0v) is 10.6. The largest absolute Gasteiger partial charge is 0.325 e. The summed E-state index contributed by atoms with van der Waals surface area (Å²) in [4.78, 5) is 23.0. The molecule has 0 saturated carbocycles. The minimum Gasteiger partial charge on any atom is -0.325 e. The number of nitro groups is 1. The van der Waals surface area contributed by atoms with Gasteiger partial charge in [-0.25, -0.2) is 0 Å². The highest BCUT2D eigenvalue weighted by Gasteiger charge is 2.27. The highest BCUT2D eigenvalue weighted by atomic mass is 32.1. The first kappa shape index (κ1) is 11.9. The fourth-order valence-corrected chi connectivity index (χ4v) is 3.25. The van der Waals surface area contributed by atoms with Crippen LogP contribution < -0.4 is 5.32 Å². The molecule has 0 saturated heterocycles. The fraction of sp³-hybridized carbons (Fsp3) is 0.154. The maximum absolute atomic E-state index is 11.7. The number of fused-ring (bicyclic) bond motifs is 1. The summed E-state index contributed by atoms with van der Waals surface area (Å²) in [6.45, 7) is 0. The summed E-state index contributed by atoms with van der Waals surface area (Å²) in [6, 6.07) is 8.30. The Kier molecular flexibility index (Phi) is 2.79. The van der Waals surface area contributed by atoms with E-state index in [9.17, 15) is 14.9 Å². The molecule has 96 valence electrons. The molecule has 1 N–H and O–H groups in total. The van der Waals surface area contributed by atoms with Gasteiger partial charge in [0.1, 0.15) is 0 Å². The average molecular weight is 274 g/mol. The van der Waals surface area contributed by atoms with Gasteiger partial charge in [-0.1, -0.05) is 12.1 Å². The molecular weight excluding hydrogens is 264 g/mol. The number of nitro benzene ring substituents is 1. The lowest BCUT2D eigenvalue weighted by molar-refractivity contribution is -0.384. The van der Waals surface area contributed by atoms with Crippen LogP contribution in [0, 0.1) is 10.1 Å². The maximum Gasteiger partial charge on any atom is 0.269 e. The van der Waals surface area contributed by atoms with Gasteiger partial charge in [0, 0.05) is 29.3 Å². The molecule has 0 spiro atoms. The van der Waals surface area contributed by atoms with Crippen molar-refractivity contribution in [2.24, 2.45) is 0 Å². The topological polar surface area (TPSA) is 72.2 Å². The molecule has 19 heavy (non-hydrogen) atoms. The summed E-state index contributed by atoms with van der Waals surface area (Å²) in [7, 11) is 0. The Bertz CT molecular complexity index is 648. The first-order valence-electron chi connectivity index (χ1n) is 5.77. The van der Waals surface area contributed by atoms with Gasteiger partial charge >= 0.3 is 0 Å². The van der Waals surface area contributed by atoms with E-state index in [2.05, 4.69) is 5.32 Å². The van der Waals surface area contributed by atoms with Gasteiger partial charge in [-0.3, -0.25) is 14.9 Å². The van der Waals surface area contributed by atoms with Crippen molar-refractivity contribution in [3.8, 4) is 0 Å². The number of thiophene rings is 1. The predicted molar refractivity (Wildman–Crippen MR) is 72.5 cm³/mol. The SMILES string of the molecule is O=C1CC(c2ccc([N+](=O)[O-])cc2)c2sccc2N1. The monoisotopic (exact) mass is 274 g/mol. The Labute approximate surface area is 113 Å². The number of non-ortho nitro benzene ring substituents is 1. The second kappa shape index (κ2) is 4.47. The van der Waals surface area contributed by atoms with E-state index in [-0.39, 0.29) is 17.5 Å². The molecule has 1 aliphatic heterocycles. The molecule has 0 aliphatic carbocycles. The Hall–Kier alpha value is -2.21. The van der Waals surface area contributed by atoms with Crippen LogP contribution in [0.5, 0.6) is 0 Å². The van der Waals surface area contributed by atoms with Crippen LogP contribution in [0.25, 0.3) is 0 Å². The molecule has 0 bridgehead atoms. The second-order valence-corrected chi connectivity index (χ2v) is 5.30. The molecule has 6 heteroatoms. The van der Waals surface area contributed by atoms with Gasteiger partial charge in [-0.2, -0.15) is 0 Å². The van der Waals surface area contributed by atoms with Crippen molar-refractivity contribution in [3.05, 3.63) is 56.3 Å². The number of benzene rings is 1. The molecular formula is C13H10N2O3S. The van der Waals surface area contributed by atoms with Crippen molar-refractivity contribution >= 4 is 28.6 Å². The number of hydrogen-bond acceptors (Lipinski definition) is 4. The predicted octanol–water partition coefficient (Wildman–Crippen LogP) is 3.13. The first-order valence-corrected chi connectivity index (χ1v) is 6.64. The van der Waals surface area contributed by atoms with E-state index in [0.717, 1.165) is 16.1 Å². The lowest BCUT2D eigenvalue weighted by Crippen LogP contribution is -2.21. The molecule has 1 aromatic heterocycles. The van der Waals surface area contributed by atoms with E-state index < -0.39 is 4.92 Å². The van der Waals surface area contributed by atoms with E-state index in [1.165, 1.54) is 12.1 Å². The van der Waals surface area contributed by atoms with Crippen LogP contribution in [0.3, 0.4) is 0 Å². The fourth-order valence-electron chi connectivity index (χ4n) is 2.27. The summed E-state index contributed by atoms with van der Waals surface area (Å²) in [6.07, 6.45) is 0.380. The number of carbonyl (C=O) groups excluding carboxylic acids is 1. The minimum absolute atomic E-state index is 0.00967. The summed E-state index contributed by atoms with van der Waals surface area (Å²) in [5.74, 6) is -0.0289. The quantitative estimate of drug-likeness (QED) is 0.675. The van der Waals surface area contributed by atoms with Crippen molar-refractivity contribution in [1.82, 2.24) is 0 Å². The maximum atomic E-state index is 11.7. The number of nitrogens with one attached hydrogen (secondary N) is 1. The number of nitrogens with zero attached hydrogens (tertiary/aromatic N) is 1. The first-order chi connectivity index (χ1) is 9.15. The van der Waals surface area contributed by atoms with Crippen LogP contribution in [0.4, 0.5) is 11.4 Å². The summed E-state index contributed by atoms with van der Waals surface area (Å²) in [5.41, 5.74) is 1.85. The molecule has 2 aromatic rings. The third-order valence-corrected chi connectivity index (χ3v) is 4.21. The van der Waals surface area contributed by atoms with Crippen molar-refractivity contribution < 1.29 is 9.72 Å². The van der Waals surface area contributed by atoms with Gasteiger partial charge in [0.05, 0.1) is 10.6 Å². The van der Waals surface area contributed by atoms with Gasteiger partial charge < -0.3 is 5.32 Å². The molecule has 5 nitrogen and oxygen atoms in total. The Balaban J connectivity index is 1.99. The minimum atomic E-state index is -0.423. The van der Waals surface area contributed by atoms with Crippen molar-refractivity contribution in [2.45, 2.75) is 12.3 Å². The van der Waals surface area contributed by atoms with Gasteiger partial charge in [-0.15, -0.1) is 11.3 Å². The van der Waals surface area contributed by atoms with Crippen LogP contribution in [0.1, 0.15) is 22.8 Å². The van der Waals surface area contributed by atoms with Crippen molar-refractivity contribution in [3.63, 3.8) is 0 Å². The molecule has 1 amide bonds. The molecule has 1 aliphatic rings. The number of amides is 1. The van der Waals surface area contributed by atoms with E-state index in [0.29, 0.717) is 6.42 Å². The van der Waals surface area contributed by atoms with Crippen LogP contribution >= 0.6 is 11.3 Å². The number of anilines is 1. The van der Waals surface area contributed by atoms with Crippen molar-refractivity contribution in [1.29, 1.82) is 0 Å². The van der Waals surface area contributed by atoms with Crippen molar-refractivity contribution in [2.75, 3.05) is 5.32 Å². The summed E-state index contributed by atoms with van der Waals surface area (Å²) < 4.78 is 0. The third kappa shape index (κ3) is 2.10.